The van der Waals surface area contributed by atoms with Crippen molar-refractivity contribution in [3.8, 4) is 23.3 Å². The van der Waals surface area contributed by atoms with Crippen molar-refractivity contribution in [3.05, 3.63) is 107 Å². The first-order valence-corrected chi connectivity index (χ1v) is 11.1. The van der Waals surface area contributed by atoms with Crippen molar-refractivity contribution >= 4 is 5.57 Å². The van der Waals surface area contributed by atoms with E-state index in [9.17, 15) is 5.26 Å². The average Bonchev–Trinajstić information content (AvgIpc) is 3.22. The van der Waals surface area contributed by atoms with E-state index in [0.29, 0.717) is 5.57 Å². The highest BCUT2D eigenvalue weighted by molar-refractivity contribution is 5.79. The fourth-order valence-corrected chi connectivity index (χ4v) is 4.38. The van der Waals surface area contributed by atoms with E-state index in [1.165, 1.54) is 0 Å². The predicted octanol–water partition coefficient (Wildman–Crippen LogP) is 5.97. The summed E-state index contributed by atoms with van der Waals surface area (Å²) >= 11 is 0. The quantitative estimate of drug-likeness (QED) is 0.413. The Morgan fingerprint density at radius 1 is 0.765 bits per heavy atom. The summed E-state index contributed by atoms with van der Waals surface area (Å²) in [6, 6.07) is 26.2. The van der Waals surface area contributed by atoms with Crippen molar-refractivity contribution in [2.45, 2.75) is 12.1 Å². The third-order valence-corrected chi connectivity index (χ3v) is 6.23. The van der Waals surface area contributed by atoms with Gasteiger partial charge >= 0.3 is 0 Å². The lowest BCUT2D eigenvalue weighted by atomic mass is 9.96. The molecule has 34 heavy (non-hydrogen) atoms. The molecule has 0 amide bonds. The van der Waals surface area contributed by atoms with Crippen LogP contribution in [0.1, 0.15) is 28.8 Å². The van der Waals surface area contributed by atoms with Crippen molar-refractivity contribution in [2.75, 3.05) is 28.4 Å². The van der Waals surface area contributed by atoms with Crippen LogP contribution in [0.3, 0.4) is 0 Å². The highest BCUT2D eigenvalue weighted by atomic mass is 16.5. The maximum absolute atomic E-state index is 9.98. The van der Waals surface area contributed by atoms with Gasteiger partial charge < -0.3 is 14.2 Å². The van der Waals surface area contributed by atoms with Crippen molar-refractivity contribution in [1.82, 2.24) is 4.90 Å². The average molecular weight is 453 g/mol. The molecule has 2 atom stereocenters. The molecule has 2 unspecified atom stereocenters. The first-order valence-electron chi connectivity index (χ1n) is 11.1. The van der Waals surface area contributed by atoms with Crippen LogP contribution in [0.15, 0.2) is 90.5 Å². The van der Waals surface area contributed by atoms with Gasteiger partial charge in [0, 0.05) is 0 Å². The van der Waals surface area contributed by atoms with Gasteiger partial charge in [-0.15, -0.1) is 0 Å². The fraction of sp³-hybridized carbons (Fsp3) is 0.207. The Morgan fingerprint density at radius 2 is 1.24 bits per heavy atom. The summed E-state index contributed by atoms with van der Waals surface area (Å²) in [6.45, 7) is 0. The van der Waals surface area contributed by atoms with Crippen molar-refractivity contribution in [2.24, 2.45) is 0 Å². The Labute approximate surface area is 201 Å². The number of hydrogen-bond donors (Lipinski definition) is 0. The largest absolute Gasteiger partial charge is 0.497 e. The molecule has 0 radical (unpaired) electrons. The van der Waals surface area contributed by atoms with Crippen LogP contribution in [0.5, 0.6) is 17.2 Å². The fourth-order valence-electron chi connectivity index (χ4n) is 4.38. The van der Waals surface area contributed by atoms with Gasteiger partial charge in [0.05, 0.1) is 45.1 Å². The van der Waals surface area contributed by atoms with Crippen LogP contribution < -0.4 is 14.2 Å². The van der Waals surface area contributed by atoms with E-state index in [2.05, 4.69) is 48.4 Å². The number of rotatable bonds is 7. The van der Waals surface area contributed by atoms with E-state index >= 15 is 0 Å². The van der Waals surface area contributed by atoms with E-state index in [0.717, 1.165) is 39.5 Å². The lowest BCUT2D eigenvalue weighted by Crippen LogP contribution is -2.23. The lowest BCUT2D eigenvalue weighted by molar-refractivity contribution is 0.261. The number of methoxy groups -OCH3 is 3. The normalized spacial score (nSPS) is 18.2. The number of hydrogen-bond acceptors (Lipinski definition) is 5. The molecule has 1 aliphatic rings. The van der Waals surface area contributed by atoms with Crippen LogP contribution in [0.4, 0.5) is 0 Å². The molecule has 0 N–H and O–H groups in total. The molecule has 0 aromatic heterocycles. The van der Waals surface area contributed by atoms with Crippen LogP contribution >= 0.6 is 0 Å². The molecule has 1 aliphatic heterocycles. The van der Waals surface area contributed by atoms with Gasteiger partial charge in [0.1, 0.15) is 17.2 Å². The standard InChI is InChI=1S/C29H28N2O3/c1-31-28(21-7-13-26(33-3)14-8-21)18-23(29(31)22-9-15-27(34-4)16-10-22)17-24(19-30)20-5-11-25(32-2)12-6-20/h5-18,28-29H,1-4H3/b24-17+. The van der Waals surface area contributed by atoms with Gasteiger partial charge in [-0.05, 0) is 83.9 Å². The SMILES string of the molecule is COc1ccc(/C(C#N)=C/C2=CC(c3ccc(OC)cc3)N(C)C2c2ccc(OC)cc2)cc1. The molecule has 1 heterocycles. The molecule has 3 aromatic rings. The van der Waals surface area contributed by atoms with Crippen LogP contribution in [-0.2, 0) is 0 Å². The summed E-state index contributed by atoms with van der Waals surface area (Å²) in [5, 5.41) is 9.98. The van der Waals surface area contributed by atoms with E-state index < -0.39 is 0 Å². The van der Waals surface area contributed by atoms with Gasteiger partial charge in [-0.25, -0.2) is 0 Å². The first-order chi connectivity index (χ1) is 16.6. The van der Waals surface area contributed by atoms with Gasteiger partial charge in [-0.1, -0.05) is 30.3 Å². The van der Waals surface area contributed by atoms with Crippen molar-refractivity contribution in [3.63, 3.8) is 0 Å². The Balaban J connectivity index is 1.77. The minimum absolute atomic E-state index is 0.0143. The topological polar surface area (TPSA) is 54.7 Å². The second kappa shape index (κ2) is 10.3. The molecule has 4 rings (SSSR count). The molecule has 0 aliphatic carbocycles. The van der Waals surface area contributed by atoms with Gasteiger partial charge in [-0.3, -0.25) is 4.90 Å². The van der Waals surface area contributed by atoms with Gasteiger partial charge in [-0.2, -0.15) is 5.26 Å². The van der Waals surface area contributed by atoms with Gasteiger partial charge in [0.2, 0.25) is 0 Å². The molecule has 0 saturated carbocycles. The zero-order chi connectivity index (χ0) is 24.1. The molecular weight excluding hydrogens is 424 g/mol. The second-order valence-electron chi connectivity index (χ2n) is 8.12. The molecule has 0 saturated heterocycles. The van der Waals surface area contributed by atoms with Gasteiger partial charge in [0.25, 0.3) is 0 Å². The smallest absolute Gasteiger partial charge is 0.118 e. The second-order valence-corrected chi connectivity index (χ2v) is 8.12. The number of allylic oxidation sites excluding steroid dienone is 1. The summed E-state index contributed by atoms with van der Waals surface area (Å²) in [5.74, 6) is 2.40. The monoisotopic (exact) mass is 452 g/mol. The van der Waals surface area contributed by atoms with Gasteiger partial charge in [0.15, 0.2) is 0 Å². The highest BCUT2D eigenvalue weighted by Crippen LogP contribution is 2.44. The Bertz CT molecular complexity index is 1220. The van der Waals surface area contributed by atoms with Crippen LogP contribution in [-0.4, -0.2) is 33.3 Å². The molecule has 0 spiro atoms. The molecule has 5 nitrogen and oxygen atoms in total. The maximum Gasteiger partial charge on any atom is 0.118 e. The maximum atomic E-state index is 9.98. The summed E-state index contributed by atoms with van der Waals surface area (Å²) in [6.07, 6.45) is 4.23. The Morgan fingerprint density at radius 3 is 1.71 bits per heavy atom. The summed E-state index contributed by atoms with van der Waals surface area (Å²) < 4.78 is 15.9. The first kappa shape index (κ1) is 23.2. The summed E-state index contributed by atoms with van der Waals surface area (Å²) in [5.41, 5.74) is 4.83. The molecule has 5 heteroatoms. The van der Waals surface area contributed by atoms with E-state index in [1.807, 2.05) is 54.6 Å². The lowest BCUT2D eigenvalue weighted by Gasteiger charge is -2.28. The summed E-state index contributed by atoms with van der Waals surface area (Å²) in [4.78, 5) is 2.32. The number of likely N-dealkylation sites (N-methyl/N-ethyl adjacent to an activating group) is 1. The van der Waals surface area contributed by atoms with Crippen LogP contribution in [0.25, 0.3) is 5.57 Å². The third-order valence-electron chi connectivity index (χ3n) is 6.23. The van der Waals surface area contributed by atoms with Crippen LogP contribution in [0, 0.1) is 11.3 Å². The van der Waals surface area contributed by atoms with Crippen molar-refractivity contribution in [1.29, 1.82) is 5.26 Å². The molecular formula is C29H28N2O3. The molecule has 3 aromatic carbocycles. The zero-order valence-electron chi connectivity index (χ0n) is 19.9. The van der Waals surface area contributed by atoms with Crippen LogP contribution in [0.2, 0.25) is 0 Å². The number of nitrogens with zero attached hydrogens (tertiary/aromatic N) is 2. The minimum atomic E-state index is -0.0143. The third kappa shape index (κ3) is 4.68. The zero-order valence-corrected chi connectivity index (χ0v) is 19.9. The number of nitriles is 1. The predicted molar refractivity (Wildman–Crippen MR) is 134 cm³/mol. The Hall–Kier alpha value is -4.01. The molecule has 172 valence electrons. The van der Waals surface area contributed by atoms with E-state index in [4.69, 9.17) is 14.2 Å². The minimum Gasteiger partial charge on any atom is -0.497 e. The highest BCUT2D eigenvalue weighted by Gasteiger charge is 2.33. The number of benzene rings is 3. The van der Waals surface area contributed by atoms with Crippen molar-refractivity contribution < 1.29 is 14.2 Å². The molecule has 0 fully saturated rings. The number of ether oxygens (including phenoxy) is 3. The summed E-state index contributed by atoms with van der Waals surface area (Å²) in [7, 11) is 7.08. The molecule has 0 bridgehead atoms. The van der Waals surface area contributed by atoms with E-state index in [1.54, 1.807) is 21.3 Å². The van der Waals surface area contributed by atoms with E-state index in [-0.39, 0.29) is 12.1 Å². The Kier molecular flexibility index (Phi) is 7.01.